The predicted molar refractivity (Wildman–Crippen MR) is 206 cm³/mol. The maximum atomic E-state index is 3.93. The molecule has 8 aromatic carbocycles. The molecule has 230 valence electrons. The van der Waals surface area contributed by atoms with Gasteiger partial charge in [-0.1, -0.05) is 169 Å². The lowest BCUT2D eigenvalue weighted by atomic mass is 9.67. The molecule has 1 aliphatic heterocycles. The average molecular weight is 642 g/mol. The van der Waals surface area contributed by atoms with Crippen LogP contribution < -0.4 is 5.32 Å². The zero-order valence-corrected chi connectivity index (χ0v) is 27.5. The Kier molecular flexibility index (Phi) is 6.40. The van der Waals surface area contributed by atoms with E-state index in [4.69, 9.17) is 0 Å². The molecule has 2 aliphatic rings. The van der Waals surface area contributed by atoms with Crippen LogP contribution in [0.5, 0.6) is 0 Å². The van der Waals surface area contributed by atoms with Gasteiger partial charge in [-0.15, -0.1) is 0 Å². The maximum Gasteiger partial charge on any atom is 0.0736 e. The van der Waals surface area contributed by atoms with Crippen LogP contribution in [0.2, 0.25) is 0 Å². The van der Waals surface area contributed by atoms with Crippen LogP contribution in [-0.2, 0) is 5.41 Å². The zero-order valence-electron chi connectivity index (χ0n) is 26.7. The van der Waals surface area contributed by atoms with Gasteiger partial charge >= 0.3 is 0 Å². The van der Waals surface area contributed by atoms with Crippen LogP contribution in [0.25, 0.3) is 44.2 Å². The first kappa shape index (κ1) is 28.2. The summed E-state index contributed by atoms with van der Waals surface area (Å²) in [6.07, 6.45) is 0. The third kappa shape index (κ3) is 4.21. The first-order valence-electron chi connectivity index (χ1n) is 16.9. The highest BCUT2D eigenvalue weighted by molar-refractivity contribution is 7.99. The molecule has 1 spiro atoms. The van der Waals surface area contributed by atoms with E-state index in [0.29, 0.717) is 0 Å². The van der Waals surface area contributed by atoms with Gasteiger partial charge in [-0.25, -0.2) is 0 Å². The second kappa shape index (κ2) is 11.1. The fourth-order valence-electron chi connectivity index (χ4n) is 8.31. The standard InChI is InChI=1S/C47H31NS/c1-2-14-31(15-3-1)35-29-28-33(30-39(35)36-21-12-17-32-16-4-5-18-34(32)36)48-44-26-13-25-43-46(44)49-45-27-11-10-24-42(45)47(43)40-22-8-6-19-37(40)38-20-7-9-23-41(38)47/h1-30,48H. The van der Waals surface area contributed by atoms with Crippen molar-refractivity contribution < 1.29 is 0 Å². The Balaban J connectivity index is 1.17. The molecular weight excluding hydrogens is 611 g/mol. The highest BCUT2D eigenvalue weighted by Gasteiger charge is 2.50. The van der Waals surface area contributed by atoms with Gasteiger partial charge in [0, 0.05) is 15.5 Å². The molecule has 0 bridgehead atoms. The van der Waals surface area contributed by atoms with Crippen molar-refractivity contribution in [2.45, 2.75) is 15.2 Å². The van der Waals surface area contributed by atoms with Gasteiger partial charge in [0.05, 0.1) is 11.1 Å². The quantitative estimate of drug-likeness (QED) is 0.205. The summed E-state index contributed by atoms with van der Waals surface area (Å²) in [5.74, 6) is 0. The minimum atomic E-state index is -0.396. The topological polar surface area (TPSA) is 12.0 Å². The summed E-state index contributed by atoms with van der Waals surface area (Å²) >= 11 is 1.88. The largest absolute Gasteiger partial charge is 0.355 e. The number of nitrogens with one attached hydrogen (secondary N) is 1. The van der Waals surface area contributed by atoms with Gasteiger partial charge in [-0.3, -0.25) is 0 Å². The summed E-state index contributed by atoms with van der Waals surface area (Å²) in [5.41, 5.74) is 14.7. The zero-order chi connectivity index (χ0) is 32.4. The van der Waals surface area contributed by atoms with Crippen LogP contribution >= 0.6 is 11.8 Å². The van der Waals surface area contributed by atoms with E-state index in [-0.39, 0.29) is 0 Å². The molecule has 49 heavy (non-hydrogen) atoms. The summed E-state index contributed by atoms with van der Waals surface area (Å²) in [6, 6.07) is 66.7. The highest BCUT2D eigenvalue weighted by Crippen LogP contribution is 2.63. The lowest BCUT2D eigenvalue weighted by Crippen LogP contribution is -2.32. The van der Waals surface area contributed by atoms with Crippen LogP contribution in [0.3, 0.4) is 0 Å². The van der Waals surface area contributed by atoms with Crippen molar-refractivity contribution in [1.82, 2.24) is 0 Å². The van der Waals surface area contributed by atoms with Gasteiger partial charge in [-0.2, -0.15) is 0 Å². The fraction of sp³-hybridized carbons (Fsp3) is 0.0213. The lowest BCUT2D eigenvalue weighted by Gasteiger charge is -2.40. The molecule has 0 atom stereocenters. The lowest BCUT2D eigenvalue weighted by molar-refractivity contribution is 0.723. The Morgan fingerprint density at radius 3 is 1.84 bits per heavy atom. The second-order valence-corrected chi connectivity index (χ2v) is 14.0. The van der Waals surface area contributed by atoms with Crippen LogP contribution in [0.1, 0.15) is 22.3 Å². The van der Waals surface area contributed by atoms with Gasteiger partial charge < -0.3 is 5.32 Å². The molecule has 0 radical (unpaired) electrons. The van der Waals surface area contributed by atoms with Gasteiger partial charge in [0.25, 0.3) is 0 Å². The third-order valence-electron chi connectivity index (χ3n) is 10.3. The van der Waals surface area contributed by atoms with Crippen molar-refractivity contribution in [2.75, 3.05) is 5.32 Å². The van der Waals surface area contributed by atoms with Crippen molar-refractivity contribution >= 4 is 33.9 Å². The number of hydrogen-bond acceptors (Lipinski definition) is 2. The Morgan fingerprint density at radius 2 is 1.02 bits per heavy atom. The number of hydrogen-bond donors (Lipinski definition) is 1. The van der Waals surface area contributed by atoms with E-state index in [9.17, 15) is 0 Å². The molecule has 1 heterocycles. The second-order valence-electron chi connectivity index (χ2n) is 12.9. The average Bonchev–Trinajstić information content (AvgIpc) is 3.46. The molecular formula is C47H31NS. The molecule has 10 rings (SSSR count). The molecule has 8 aromatic rings. The minimum absolute atomic E-state index is 0.396. The van der Waals surface area contributed by atoms with Crippen molar-refractivity contribution in [3.05, 3.63) is 204 Å². The highest BCUT2D eigenvalue weighted by atomic mass is 32.2. The van der Waals surface area contributed by atoms with E-state index < -0.39 is 5.41 Å². The van der Waals surface area contributed by atoms with E-state index in [0.717, 1.165) is 11.4 Å². The Morgan fingerprint density at radius 1 is 0.408 bits per heavy atom. The van der Waals surface area contributed by atoms with E-state index in [1.54, 1.807) is 0 Å². The first-order chi connectivity index (χ1) is 24.3. The molecule has 0 fully saturated rings. The van der Waals surface area contributed by atoms with Crippen LogP contribution in [0.4, 0.5) is 11.4 Å². The number of anilines is 2. The summed E-state index contributed by atoms with van der Waals surface area (Å²) in [6.45, 7) is 0. The molecule has 0 saturated carbocycles. The summed E-state index contributed by atoms with van der Waals surface area (Å²) in [4.78, 5) is 2.57. The van der Waals surface area contributed by atoms with Crippen molar-refractivity contribution in [2.24, 2.45) is 0 Å². The molecule has 0 aromatic heterocycles. The smallest absolute Gasteiger partial charge is 0.0736 e. The van der Waals surface area contributed by atoms with Crippen LogP contribution in [0.15, 0.2) is 192 Å². The van der Waals surface area contributed by atoms with Gasteiger partial charge in [-0.05, 0) is 90.7 Å². The van der Waals surface area contributed by atoms with Crippen molar-refractivity contribution in [1.29, 1.82) is 0 Å². The third-order valence-corrected chi connectivity index (χ3v) is 11.6. The maximum absolute atomic E-state index is 3.93. The van der Waals surface area contributed by atoms with E-state index >= 15 is 0 Å². The summed E-state index contributed by atoms with van der Waals surface area (Å²) in [7, 11) is 0. The molecule has 1 aliphatic carbocycles. The van der Waals surface area contributed by atoms with Gasteiger partial charge in [0.1, 0.15) is 0 Å². The Hall–Kier alpha value is -5.83. The van der Waals surface area contributed by atoms with Crippen molar-refractivity contribution in [3.63, 3.8) is 0 Å². The fourth-order valence-corrected chi connectivity index (χ4v) is 9.56. The van der Waals surface area contributed by atoms with E-state index in [1.807, 2.05) is 11.8 Å². The normalized spacial score (nSPS) is 13.4. The minimum Gasteiger partial charge on any atom is -0.355 e. The molecule has 1 nitrogen and oxygen atoms in total. The molecule has 0 amide bonds. The van der Waals surface area contributed by atoms with Crippen molar-refractivity contribution in [3.8, 4) is 33.4 Å². The monoisotopic (exact) mass is 641 g/mol. The number of rotatable bonds is 4. The number of fused-ring (bicyclic) bond motifs is 10. The van der Waals surface area contributed by atoms with Crippen LogP contribution in [0, 0.1) is 0 Å². The van der Waals surface area contributed by atoms with E-state index in [2.05, 4.69) is 187 Å². The summed E-state index contributed by atoms with van der Waals surface area (Å²) < 4.78 is 0. The summed E-state index contributed by atoms with van der Waals surface area (Å²) in [5, 5.41) is 6.43. The van der Waals surface area contributed by atoms with Crippen LogP contribution in [-0.4, -0.2) is 0 Å². The number of benzene rings is 8. The molecule has 0 saturated heterocycles. The van der Waals surface area contributed by atoms with Gasteiger partial charge in [0.15, 0.2) is 0 Å². The SMILES string of the molecule is c1ccc(-c2ccc(Nc3cccc4c3Sc3ccccc3C43c4ccccc4-c4ccccc43)cc2-c2cccc3ccccc23)cc1. The van der Waals surface area contributed by atoms with Gasteiger partial charge in [0.2, 0.25) is 0 Å². The first-order valence-corrected chi connectivity index (χ1v) is 17.7. The Bertz CT molecular complexity index is 2520. The van der Waals surface area contributed by atoms with E-state index in [1.165, 1.54) is 76.2 Å². The molecule has 0 unspecified atom stereocenters. The molecule has 2 heteroatoms. The molecule has 1 N–H and O–H groups in total. The predicted octanol–water partition coefficient (Wildman–Crippen LogP) is 12.7. The Labute approximate surface area is 290 Å².